The third-order valence-electron chi connectivity index (χ3n) is 2.80. The Morgan fingerprint density at radius 3 is 2.79 bits per heavy atom. The van der Waals surface area contributed by atoms with E-state index in [2.05, 4.69) is 15.3 Å². The average Bonchev–Trinajstić information content (AvgIpc) is 2.37. The number of hydrogen-bond donors (Lipinski definition) is 3. The number of piperazine rings is 1. The second-order valence-corrected chi connectivity index (χ2v) is 4.40. The number of carbonyl (C=O) groups is 2. The molecule has 9 heteroatoms. The number of rotatable bonds is 3. The Morgan fingerprint density at radius 2 is 2.16 bits per heavy atom. The van der Waals surface area contributed by atoms with E-state index in [0.29, 0.717) is 25.5 Å². The highest BCUT2D eigenvalue weighted by Gasteiger charge is 2.28. The van der Waals surface area contributed by atoms with Crippen molar-refractivity contribution < 1.29 is 9.59 Å². The van der Waals surface area contributed by atoms with Gasteiger partial charge in [0.25, 0.3) is 5.91 Å². The van der Waals surface area contributed by atoms with Crippen LogP contribution in [0.25, 0.3) is 0 Å². The van der Waals surface area contributed by atoms with E-state index in [-0.39, 0.29) is 11.0 Å². The standard InChI is InChI=1S/C10H13ClN6O2/c11-10-15-5(8(12)18)3-7(16-10)17-2-1-14-4-6(17)9(13)19/h3,6,14H,1-2,4H2,(H2,12,18)(H2,13,19). The molecule has 0 spiro atoms. The molecule has 1 aromatic rings. The van der Waals surface area contributed by atoms with Crippen molar-refractivity contribution in [1.29, 1.82) is 0 Å². The number of aromatic nitrogens is 2. The first kappa shape index (κ1) is 13.5. The van der Waals surface area contributed by atoms with Gasteiger partial charge < -0.3 is 21.7 Å². The summed E-state index contributed by atoms with van der Waals surface area (Å²) in [4.78, 5) is 32.0. The smallest absolute Gasteiger partial charge is 0.267 e. The molecular formula is C10H13ClN6O2. The number of anilines is 1. The molecule has 1 aliphatic rings. The first-order valence-corrected chi connectivity index (χ1v) is 5.98. The molecule has 1 saturated heterocycles. The van der Waals surface area contributed by atoms with Crippen LogP contribution in [0.4, 0.5) is 5.82 Å². The fraction of sp³-hybridized carbons (Fsp3) is 0.400. The van der Waals surface area contributed by atoms with E-state index in [9.17, 15) is 9.59 Å². The summed E-state index contributed by atoms with van der Waals surface area (Å²) in [5, 5.41) is 2.95. The van der Waals surface area contributed by atoms with Gasteiger partial charge in [-0.15, -0.1) is 0 Å². The number of nitrogens with two attached hydrogens (primary N) is 2. The van der Waals surface area contributed by atoms with Crippen LogP contribution in [-0.4, -0.2) is 47.5 Å². The summed E-state index contributed by atoms with van der Waals surface area (Å²) in [6.45, 7) is 1.58. The zero-order valence-corrected chi connectivity index (χ0v) is 10.7. The molecule has 0 saturated carbocycles. The molecule has 0 bridgehead atoms. The van der Waals surface area contributed by atoms with E-state index < -0.39 is 17.9 Å². The second-order valence-electron chi connectivity index (χ2n) is 4.06. The van der Waals surface area contributed by atoms with E-state index in [1.807, 2.05) is 0 Å². The van der Waals surface area contributed by atoms with Crippen LogP contribution >= 0.6 is 11.6 Å². The van der Waals surface area contributed by atoms with Crippen molar-refractivity contribution in [2.45, 2.75) is 6.04 Å². The van der Waals surface area contributed by atoms with Crippen LogP contribution in [0.15, 0.2) is 6.07 Å². The Kier molecular flexibility index (Phi) is 3.82. The largest absolute Gasteiger partial charge is 0.368 e. The van der Waals surface area contributed by atoms with Crippen LogP contribution in [0.1, 0.15) is 10.5 Å². The fourth-order valence-electron chi connectivity index (χ4n) is 1.91. The van der Waals surface area contributed by atoms with E-state index in [1.54, 1.807) is 4.90 Å². The zero-order chi connectivity index (χ0) is 14.0. The molecule has 0 aromatic carbocycles. The molecule has 0 aliphatic carbocycles. The summed E-state index contributed by atoms with van der Waals surface area (Å²) in [5.41, 5.74) is 10.5. The number of amides is 2. The van der Waals surface area contributed by atoms with Crippen LogP contribution in [0.5, 0.6) is 0 Å². The fourth-order valence-corrected chi connectivity index (χ4v) is 2.09. The topological polar surface area (TPSA) is 127 Å². The lowest BCUT2D eigenvalue weighted by atomic mass is 10.1. The van der Waals surface area contributed by atoms with Crippen molar-refractivity contribution in [3.05, 3.63) is 17.0 Å². The van der Waals surface area contributed by atoms with Gasteiger partial charge in [-0.3, -0.25) is 9.59 Å². The Balaban J connectivity index is 2.38. The zero-order valence-electron chi connectivity index (χ0n) is 9.97. The maximum atomic E-state index is 11.4. The molecule has 1 unspecified atom stereocenters. The number of halogens is 1. The normalized spacial score (nSPS) is 19.2. The summed E-state index contributed by atoms with van der Waals surface area (Å²) in [6.07, 6.45) is 0. The van der Waals surface area contributed by atoms with Gasteiger partial charge in [0, 0.05) is 25.7 Å². The van der Waals surface area contributed by atoms with Crippen LogP contribution in [0.3, 0.4) is 0 Å². The van der Waals surface area contributed by atoms with Gasteiger partial charge in [0.1, 0.15) is 17.6 Å². The molecule has 102 valence electrons. The van der Waals surface area contributed by atoms with Crippen molar-refractivity contribution in [2.75, 3.05) is 24.5 Å². The maximum Gasteiger partial charge on any atom is 0.267 e. The molecule has 0 radical (unpaired) electrons. The number of primary amides is 2. The third kappa shape index (κ3) is 2.91. The third-order valence-corrected chi connectivity index (χ3v) is 2.97. The van der Waals surface area contributed by atoms with Gasteiger partial charge in [0.05, 0.1) is 0 Å². The molecule has 1 atom stereocenters. The van der Waals surface area contributed by atoms with Gasteiger partial charge in [0.2, 0.25) is 11.2 Å². The lowest BCUT2D eigenvalue weighted by Gasteiger charge is -2.35. The molecule has 2 amide bonds. The molecule has 1 fully saturated rings. The van der Waals surface area contributed by atoms with Gasteiger partial charge in [-0.05, 0) is 11.6 Å². The molecule has 1 aliphatic heterocycles. The first-order chi connectivity index (χ1) is 8.99. The van der Waals surface area contributed by atoms with Gasteiger partial charge in [-0.25, -0.2) is 9.97 Å². The van der Waals surface area contributed by atoms with Crippen molar-refractivity contribution in [2.24, 2.45) is 11.5 Å². The van der Waals surface area contributed by atoms with Crippen LogP contribution in [0.2, 0.25) is 5.28 Å². The van der Waals surface area contributed by atoms with Crippen molar-refractivity contribution in [3.63, 3.8) is 0 Å². The van der Waals surface area contributed by atoms with Gasteiger partial charge >= 0.3 is 0 Å². The first-order valence-electron chi connectivity index (χ1n) is 5.60. The summed E-state index contributed by atoms with van der Waals surface area (Å²) >= 11 is 5.75. The predicted octanol–water partition coefficient (Wildman–Crippen LogP) is -1.51. The van der Waals surface area contributed by atoms with Crippen LogP contribution < -0.4 is 21.7 Å². The summed E-state index contributed by atoms with van der Waals surface area (Å²) in [7, 11) is 0. The molecule has 8 nitrogen and oxygen atoms in total. The van der Waals surface area contributed by atoms with E-state index >= 15 is 0 Å². The lowest BCUT2D eigenvalue weighted by molar-refractivity contribution is -0.119. The molecule has 2 rings (SSSR count). The summed E-state index contributed by atoms with van der Waals surface area (Å²) in [6, 6.07) is 0.843. The Morgan fingerprint density at radius 1 is 1.42 bits per heavy atom. The highest BCUT2D eigenvalue weighted by molar-refractivity contribution is 6.28. The van der Waals surface area contributed by atoms with E-state index in [1.165, 1.54) is 6.07 Å². The molecule has 5 N–H and O–H groups in total. The predicted molar refractivity (Wildman–Crippen MR) is 68.8 cm³/mol. The molecule has 2 heterocycles. The number of nitrogens with zero attached hydrogens (tertiary/aromatic N) is 3. The molecule has 19 heavy (non-hydrogen) atoms. The van der Waals surface area contributed by atoms with E-state index in [4.69, 9.17) is 23.1 Å². The van der Waals surface area contributed by atoms with Gasteiger partial charge in [0.15, 0.2) is 0 Å². The number of nitrogens with one attached hydrogen (secondary N) is 1. The maximum absolute atomic E-state index is 11.4. The quantitative estimate of drug-likeness (QED) is 0.579. The Bertz CT molecular complexity index is 523. The Hall–Kier alpha value is -1.93. The molecule has 1 aromatic heterocycles. The van der Waals surface area contributed by atoms with E-state index in [0.717, 1.165) is 0 Å². The molecular weight excluding hydrogens is 272 g/mol. The summed E-state index contributed by atoms with van der Waals surface area (Å²) < 4.78 is 0. The second kappa shape index (κ2) is 5.37. The van der Waals surface area contributed by atoms with Crippen molar-refractivity contribution in [1.82, 2.24) is 15.3 Å². The van der Waals surface area contributed by atoms with Crippen molar-refractivity contribution >= 4 is 29.2 Å². The monoisotopic (exact) mass is 284 g/mol. The minimum Gasteiger partial charge on any atom is -0.368 e. The average molecular weight is 285 g/mol. The highest BCUT2D eigenvalue weighted by atomic mass is 35.5. The number of carbonyl (C=O) groups excluding carboxylic acids is 2. The SMILES string of the molecule is NC(=O)c1cc(N2CCNCC2C(N)=O)nc(Cl)n1. The minimum atomic E-state index is -0.712. The highest BCUT2D eigenvalue weighted by Crippen LogP contribution is 2.18. The van der Waals surface area contributed by atoms with Gasteiger partial charge in [-0.2, -0.15) is 0 Å². The Labute approximate surface area is 114 Å². The van der Waals surface area contributed by atoms with Crippen LogP contribution in [0, 0.1) is 0 Å². The van der Waals surface area contributed by atoms with Crippen molar-refractivity contribution in [3.8, 4) is 0 Å². The minimum absolute atomic E-state index is 0.00301. The van der Waals surface area contributed by atoms with Gasteiger partial charge in [-0.1, -0.05) is 0 Å². The number of hydrogen-bond acceptors (Lipinski definition) is 6. The summed E-state index contributed by atoms with van der Waals surface area (Å²) in [5.74, 6) is -0.835. The lowest BCUT2D eigenvalue weighted by Crippen LogP contribution is -2.57. The van der Waals surface area contributed by atoms with Crippen LogP contribution in [-0.2, 0) is 4.79 Å².